The summed E-state index contributed by atoms with van der Waals surface area (Å²) in [5.41, 5.74) is 0. The van der Waals surface area contributed by atoms with Gasteiger partial charge in [0.15, 0.2) is 0 Å². The summed E-state index contributed by atoms with van der Waals surface area (Å²) in [5, 5.41) is 3.46. The van der Waals surface area contributed by atoms with Gasteiger partial charge in [0.2, 0.25) is 0 Å². The summed E-state index contributed by atoms with van der Waals surface area (Å²) in [6.45, 7) is 8.42. The van der Waals surface area contributed by atoms with Crippen LogP contribution in [0.5, 0.6) is 0 Å². The lowest BCUT2D eigenvalue weighted by Gasteiger charge is -2.39. The van der Waals surface area contributed by atoms with E-state index in [1.807, 2.05) is 0 Å². The SMILES string of the molecule is CC1CCN(C(=O)N2CCC3CNCC3C2)CC1.Cl. The summed E-state index contributed by atoms with van der Waals surface area (Å²) < 4.78 is 0. The van der Waals surface area contributed by atoms with Crippen LogP contribution in [0.4, 0.5) is 4.79 Å². The monoisotopic (exact) mass is 287 g/mol. The van der Waals surface area contributed by atoms with Crippen molar-refractivity contribution in [1.82, 2.24) is 15.1 Å². The molecule has 1 N–H and O–H groups in total. The Hall–Kier alpha value is -0.480. The van der Waals surface area contributed by atoms with E-state index in [2.05, 4.69) is 22.0 Å². The Morgan fingerprint density at radius 2 is 1.63 bits per heavy atom. The fourth-order valence-corrected chi connectivity index (χ4v) is 3.61. The fraction of sp³-hybridized carbons (Fsp3) is 0.929. The van der Waals surface area contributed by atoms with E-state index in [1.54, 1.807) is 0 Å². The maximum absolute atomic E-state index is 12.5. The molecule has 3 aliphatic heterocycles. The molecule has 3 heterocycles. The average molecular weight is 288 g/mol. The lowest BCUT2D eigenvalue weighted by atomic mass is 9.89. The van der Waals surface area contributed by atoms with Crippen LogP contribution in [0.3, 0.4) is 0 Å². The number of carbonyl (C=O) groups excluding carboxylic acids is 1. The van der Waals surface area contributed by atoms with Gasteiger partial charge < -0.3 is 15.1 Å². The Kier molecular flexibility index (Phi) is 4.96. The van der Waals surface area contributed by atoms with Gasteiger partial charge in [0.05, 0.1) is 0 Å². The van der Waals surface area contributed by atoms with Gasteiger partial charge in [0.1, 0.15) is 0 Å². The van der Waals surface area contributed by atoms with Gasteiger partial charge in [0, 0.05) is 26.2 Å². The van der Waals surface area contributed by atoms with Gasteiger partial charge in [-0.25, -0.2) is 4.79 Å². The van der Waals surface area contributed by atoms with Crippen molar-refractivity contribution in [2.24, 2.45) is 17.8 Å². The molecule has 19 heavy (non-hydrogen) atoms. The second kappa shape index (κ2) is 6.31. The normalized spacial score (nSPS) is 31.8. The van der Waals surface area contributed by atoms with Gasteiger partial charge in [-0.1, -0.05) is 6.92 Å². The van der Waals surface area contributed by atoms with Gasteiger partial charge in [-0.05, 0) is 50.1 Å². The first-order valence-electron chi connectivity index (χ1n) is 7.48. The third-order valence-electron chi connectivity index (χ3n) is 5.03. The van der Waals surface area contributed by atoms with Crippen molar-refractivity contribution in [2.45, 2.75) is 26.2 Å². The number of hydrogen-bond donors (Lipinski definition) is 1. The predicted molar refractivity (Wildman–Crippen MR) is 78.7 cm³/mol. The van der Waals surface area contributed by atoms with Crippen LogP contribution in [0.1, 0.15) is 26.2 Å². The highest BCUT2D eigenvalue weighted by Gasteiger charge is 2.36. The zero-order valence-electron chi connectivity index (χ0n) is 11.8. The first-order chi connectivity index (χ1) is 8.74. The predicted octanol–water partition coefficient (Wildman–Crippen LogP) is 1.80. The number of nitrogens with zero attached hydrogens (tertiary/aromatic N) is 2. The number of halogens is 1. The molecule has 0 aromatic heterocycles. The summed E-state index contributed by atoms with van der Waals surface area (Å²) >= 11 is 0. The quantitative estimate of drug-likeness (QED) is 0.737. The van der Waals surface area contributed by atoms with Crippen molar-refractivity contribution in [1.29, 1.82) is 0 Å². The van der Waals surface area contributed by atoms with Crippen LogP contribution in [0.2, 0.25) is 0 Å². The number of piperidine rings is 2. The molecule has 4 nitrogen and oxygen atoms in total. The summed E-state index contributed by atoms with van der Waals surface area (Å²) in [7, 11) is 0. The fourth-order valence-electron chi connectivity index (χ4n) is 3.61. The molecular weight excluding hydrogens is 262 g/mol. The number of likely N-dealkylation sites (tertiary alicyclic amines) is 2. The molecule has 0 radical (unpaired) electrons. The van der Waals surface area contributed by atoms with Crippen molar-refractivity contribution >= 4 is 18.4 Å². The molecular formula is C14H26ClN3O. The Balaban J connectivity index is 0.00000133. The van der Waals surface area contributed by atoms with E-state index in [4.69, 9.17) is 0 Å². The number of carbonyl (C=O) groups is 1. The minimum atomic E-state index is 0. The van der Waals surface area contributed by atoms with Gasteiger partial charge in [-0.15, -0.1) is 12.4 Å². The standard InChI is InChI=1S/C14H25N3O.ClH/c1-11-2-5-16(6-3-11)14(18)17-7-4-12-8-15-9-13(12)10-17;/h11-13,15H,2-10H2,1H3;1H. The molecule has 3 saturated heterocycles. The van der Waals surface area contributed by atoms with Gasteiger partial charge >= 0.3 is 6.03 Å². The molecule has 3 rings (SSSR count). The summed E-state index contributed by atoms with van der Waals surface area (Å²) in [5.74, 6) is 2.31. The van der Waals surface area contributed by atoms with E-state index < -0.39 is 0 Å². The van der Waals surface area contributed by atoms with Crippen molar-refractivity contribution in [2.75, 3.05) is 39.3 Å². The molecule has 2 unspecified atom stereocenters. The molecule has 0 bridgehead atoms. The third-order valence-corrected chi connectivity index (χ3v) is 5.03. The number of hydrogen-bond acceptors (Lipinski definition) is 2. The first-order valence-corrected chi connectivity index (χ1v) is 7.48. The van der Waals surface area contributed by atoms with Gasteiger partial charge in [0.25, 0.3) is 0 Å². The van der Waals surface area contributed by atoms with Crippen LogP contribution in [0, 0.1) is 17.8 Å². The van der Waals surface area contributed by atoms with E-state index >= 15 is 0 Å². The van der Waals surface area contributed by atoms with Crippen molar-refractivity contribution in [3.63, 3.8) is 0 Å². The van der Waals surface area contributed by atoms with E-state index in [1.165, 1.54) is 19.3 Å². The van der Waals surface area contributed by atoms with Crippen LogP contribution < -0.4 is 5.32 Å². The Morgan fingerprint density at radius 1 is 1.00 bits per heavy atom. The van der Waals surface area contributed by atoms with Crippen LogP contribution in [0.15, 0.2) is 0 Å². The minimum absolute atomic E-state index is 0. The summed E-state index contributed by atoms with van der Waals surface area (Å²) in [6, 6.07) is 0.298. The van der Waals surface area contributed by atoms with Crippen LogP contribution in [-0.2, 0) is 0 Å². The Labute approximate surface area is 122 Å². The molecule has 0 saturated carbocycles. The topological polar surface area (TPSA) is 35.6 Å². The average Bonchev–Trinajstić information content (AvgIpc) is 2.86. The summed E-state index contributed by atoms with van der Waals surface area (Å²) in [6.07, 6.45) is 3.54. The molecule has 0 aromatic carbocycles. The highest BCUT2D eigenvalue weighted by molar-refractivity contribution is 5.85. The van der Waals surface area contributed by atoms with Crippen molar-refractivity contribution < 1.29 is 4.79 Å². The molecule has 5 heteroatoms. The van der Waals surface area contributed by atoms with Crippen LogP contribution in [-0.4, -0.2) is 55.1 Å². The Morgan fingerprint density at radius 3 is 2.37 bits per heavy atom. The largest absolute Gasteiger partial charge is 0.325 e. The first kappa shape index (κ1) is 14.9. The lowest BCUT2D eigenvalue weighted by molar-refractivity contribution is 0.106. The van der Waals surface area contributed by atoms with Gasteiger partial charge in [-0.3, -0.25) is 0 Å². The highest BCUT2D eigenvalue weighted by atomic mass is 35.5. The smallest absolute Gasteiger partial charge is 0.320 e. The van der Waals surface area contributed by atoms with Crippen molar-refractivity contribution in [3.05, 3.63) is 0 Å². The second-order valence-corrected chi connectivity index (χ2v) is 6.37. The number of fused-ring (bicyclic) bond motifs is 1. The van der Waals surface area contributed by atoms with E-state index in [0.29, 0.717) is 11.9 Å². The molecule has 3 fully saturated rings. The molecule has 0 aliphatic carbocycles. The summed E-state index contributed by atoms with van der Waals surface area (Å²) in [4.78, 5) is 16.7. The number of urea groups is 1. The zero-order chi connectivity index (χ0) is 12.5. The van der Waals surface area contributed by atoms with Gasteiger partial charge in [-0.2, -0.15) is 0 Å². The number of amides is 2. The highest BCUT2D eigenvalue weighted by Crippen LogP contribution is 2.27. The third kappa shape index (κ3) is 3.16. The molecule has 110 valence electrons. The van der Waals surface area contributed by atoms with E-state index in [-0.39, 0.29) is 12.4 Å². The molecule has 2 amide bonds. The number of nitrogens with one attached hydrogen (secondary N) is 1. The molecule has 2 atom stereocenters. The Bertz CT molecular complexity index is 318. The van der Waals surface area contributed by atoms with Crippen LogP contribution in [0.25, 0.3) is 0 Å². The zero-order valence-corrected chi connectivity index (χ0v) is 12.6. The van der Waals surface area contributed by atoms with Crippen molar-refractivity contribution in [3.8, 4) is 0 Å². The second-order valence-electron chi connectivity index (χ2n) is 6.37. The maximum Gasteiger partial charge on any atom is 0.320 e. The van der Waals surface area contributed by atoms with E-state index in [0.717, 1.165) is 51.1 Å². The minimum Gasteiger partial charge on any atom is -0.325 e. The molecule has 3 aliphatic rings. The molecule has 0 spiro atoms. The number of rotatable bonds is 0. The van der Waals surface area contributed by atoms with E-state index in [9.17, 15) is 4.79 Å². The maximum atomic E-state index is 12.5. The van der Waals surface area contributed by atoms with Crippen LogP contribution >= 0.6 is 12.4 Å². The molecule has 0 aromatic rings. The lowest BCUT2D eigenvalue weighted by Crippen LogP contribution is -2.51.